The van der Waals surface area contributed by atoms with Gasteiger partial charge in [-0.05, 0) is 44.0 Å². The van der Waals surface area contributed by atoms with E-state index in [4.69, 9.17) is 9.15 Å². The van der Waals surface area contributed by atoms with E-state index >= 15 is 0 Å². The first-order chi connectivity index (χ1) is 12.0. The predicted octanol–water partition coefficient (Wildman–Crippen LogP) is 2.39. The number of rotatable bonds is 7. The zero-order chi connectivity index (χ0) is 17.9. The van der Waals surface area contributed by atoms with Gasteiger partial charge in [-0.2, -0.15) is 4.98 Å². The summed E-state index contributed by atoms with van der Waals surface area (Å²) in [5.74, 6) is -0.733. The van der Waals surface area contributed by atoms with Gasteiger partial charge in [0.2, 0.25) is 0 Å². The van der Waals surface area contributed by atoms with Crippen molar-refractivity contribution in [1.82, 2.24) is 4.98 Å². The number of ether oxygens (including phenoxy) is 1. The Hall–Kier alpha value is -3.02. The van der Waals surface area contributed by atoms with E-state index in [0.29, 0.717) is 24.7 Å². The van der Waals surface area contributed by atoms with Crippen molar-refractivity contribution < 1.29 is 19.1 Å². The van der Waals surface area contributed by atoms with Crippen LogP contribution in [0.15, 0.2) is 52.9 Å². The van der Waals surface area contributed by atoms with E-state index in [1.807, 2.05) is 36.4 Å². The maximum Gasteiger partial charge on any atom is 0.295 e. The van der Waals surface area contributed by atoms with E-state index < -0.39 is 11.6 Å². The molecule has 0 amide bonds. The highest BCUT2D eigenvalue weighted by Crippen LogP contribution is 2.24. The SMILES string of the molecule is CC(C)(Oc1ccccc1CCNc1nc2ccccc2o1)C(=O)[O-]. The summed E-state index contributed by atoms with van der Waals surface area (Å²) < 4.78 is 11.2. The average Bonchev–Trinajstić information content (AvgIpc) is 2.98. The van der Waals surface area contributed by atoms with Crippen molar-refractivity contribution in [3.63, 3.8) is 0 Å². The molecule has 0 radical (unpaired) electrons. The van der Waals surface area contributed by atoms with Crippen molar-refractivity contribution in [2.45, 2.75) is 25.9 Å². The minimum absolute atomic E-state index is 0.453. The van der Waals surface area contributed by atoms with E-state index in [2.05, 4.69) is 10.3 Å². The molecule has 0 unspecified atom stereocenters. The lowest BCUT2D eigenvalue weighted by atomic mass is 10.1. The van der Waals surface area contributed by atoms with Crippen molar-refractivity contribution in [2.24, 2.45) is 0 Å². The predicted molar refractivity (Wildman–Crippen MR) is 92.4 cm³/mol. The van der Waals surface area contributed by atoms with Crippen LogP contribution in [0.4, 0.5) is 6.01 Å². The number of hydrogen-bond acceptors (Lipinski definition) is 6. The Morgan fingerprint density at radius 1 is 1.20 bits per heavy atom. The number of nitrogens with zero attached hydrogens (tertiary/aromatic N) is 1. The van der Waals surface area contributed by atoms with E-state index in [1.54, 1.807) is 12.1 Å². The highest BCUT2D eigenvalue weighted by Gasteiger charge is 2.22. The maximum atomic E-state index is 11.2. The van der Waals surface area contributed by atoms with Gasteiger partial charge in [-0.3, -0.25) is 0 Å². The van der Waals surface area contributed by atoms with Crippen LogP contribution in [-0.2, 0) is 11.2 Å². The van der Waals surface area contributed by atoms with E-state index in [1.165, 1.54) is 13.8 Å². The second-order valence-corrected chi connectivity index (χ2v) is 6.17. The monoisotopic (exact) mass is 339 g/mol. The summed E-state index contributed by atoms with van der Waals surface area (Å²) in [4.78, 5) is 15.5. The minimum atomic E-state index is -1.40. The molecular weight excluding hydrogens is 320 g/mol. The van der Waals surface area contributed by atoms with Crippen LogP contribution in [0.3, 0.4) is 0 Å². The largest absolute Gasteiger partial charge is 0.546 e. The molecule has 0 saturated heterocycles. The normalized spacial score (nSPS) is 11.4. The Kier molecular flexibility index (Phi) is 4.61. The number of oxazole rings is 1. The fourth-order valence-electron chi connectivity index (χ4n) is 2.38. The molecule has 0 aliphatic rings. The van der Waals surface area contributed by atoms with Gasteiger partial charge in [0.1, 0.15) is 16.9 Å². The smallest absolute Gasteiger partial charge is 0.295 e. The topological polar surface area (TPSA) is 87.4 Å². The van der Waals surface area contributed by atoms with Gasteiger partial charge in [0.15, 0.2) is 5.58 Å². The highest BCUT2D eigenvalue weighted by molar-refractivity contribution is 5.75. The first-order valence-electron chi connectivity index (χ1n) is 8.03. The number of nitrogens with one attached hydrogen (secondary N) is 1. The van der Waals surface area contributed by atoms with Gasteiger partial charge in [-0.15, -0.1) is 0 Å². The number of carboxylic acid groups (broad SMARTS) is 1. The molecule has 1 heterocycles. The lowest BCUT2D eigenvalue weighted by molar-refractivity contribution is -0.320. The van der Waals surface area contributed by atoms with Crippen molar-refractivity contribution in [3.8, 4) is 5.75 Å². The lowest BCUT2D eigenvalue weighted by Gasteiger charge is -2.28. The molecule has 1 aromatic heterocycles. The summed E-state index contributed by atoms with van der Waals surface area (Å²) in [7, 11) is 0. The van der Waals surface area contributed by atoms with Gasteiger partial charge in [-0.25, -0.2) is 0 Å². The van der Waals surface area contributed by atoms with E-state index in [9.17, 15) is 9.90 Å². The van der Waals surface area contributed by atoms with Gasteiger partial charge < -0.3 is 24.4 Å². The molecule has 0 aliphatic carbocycles. The van der Waals surface area contributed by atoms with Crippen LogP contribution < -0.4 is 15.2 Å². The molecule has 0 bridgehead atoms. The molecular formula is C19H19N2O4-. The number of aromatic nitrogens is 1. The summed E-state index contributed by atoms with van der Waals surface area (Å²) in [5.41, 5.74) is 1.01. The minimum Gasteiger partial charge on any atom is -0.546 e. The summed E-state index contributed by atoms with van der Waals surface area (Å²) in [6.07, 6.45) is 0.623. The molecule has 1 N–H and O–H groups in total. The fraction of sp³-hybridized carbons (Fsp3) is 0.263. The Bertz CT molecular complexity index is 853. The summed E-state index contributed by atoms with van der Waals surface area (Å²) in [6, 6.07) is 15.3. The van der Waals surface area contributed by atoms with Gasteiger partial charge in [-0.1, -0.05) is 30.3 Å². The molecule has 0 atom stereocenters. The molecule has 0 fully saturated rings. The molecule has 0 spiro atoms. The molecule has 3 rings (SSSR count). The van der Waals surface area contributed by atoms with Crippen LogP contribution in [0, 0.1) is 0 Å². The van der Waals surface area contributed by atoms with Gasteiger partial charge in [0.25, 0.3) is 6.01 Å². The van der Waals surface area contributed by atoms with Gasteiger partial charge in [0.05, 0.1) is 5.97 Å². The zero-order valence-electron chi connectivity index (χ0n) is 14.1. The molecule has 6 nitrogen and oxygen atoms in total. The van der Waals surface area contributed by atoms with Crippen LogP contribution in [-0.4, -0.2) is 23.1 Å². The second-order valence-electron chi connectivity index (χ2n) is 6.17. The van der Waals surface area contributed by atoms with Crippen LogP contribution in [0.2, 0.25) is 0 Å². The number of benzene rings is 2. The lowest BCUT2D eigenvalue weighted by Crippen LogP contribution is -2.48. The number of carbonyl (C=O) groups is 1. The van der Waals surface area contributed by atoms with Crippen LogP contribution in [0.25, 0.3) is 11.1 Å². The van der Waals surface area contributed by atoms with Crippen molar-refractivity contribution >= 4 is 23.1 Å². The number of hydrogen-bond donors (Lipinski definition) is 1. The summed E-state index contributed by atoms with van der Waals surface area (Å²) in [6.45, 7) is 3.50. The van der Waals surface area contributed by atoms with E-state index in [0.717, 1.165) is 16.7 Å². The molecule has 0 saturated carbocycles. The number of aliphatic carboxylic acids is 1. The van der Waals surface area contributed by atoms with Crippen LogP contribution >= 0.6 is 0 Å². The summed E-state index contributed by atoms with van der Waals surface area (Å²) >= 11 is 0. The Morgan fingerprint density at radius 2 is 1.92 bits per heavy atom. The van der Waals surface area contributed by atoms with Crippen LogP contribution in [0.5, 0.6) is 5.75 Å². The molecule has 6 heteroatoms. The van der Waals surface area contributed by atoms with E-state index in [-0.39, 0.29) is 0 Å². The third-order valence-corrected chi connectivity index (χ3v) is 3.79. The van der Waals surface area contributed by atoms with Crippen molar-refractivity contribution in [2.75, 3.05) is 11.9 Å². The number of fused-ring (bicyclic) bond motifs is 1. The van der Waals surface area contributed by atoms with Gasteiger partial charge >= 0.3 is 0 Å². The van der Waals surface area contributed by atoms with Crippen molar-refractivity contribution in [3.05, 3.63) is 54.1 Å². The summed E-state index contributed by atoms with van der Waals surface area (Å²) in [5, 5.41) is 14.3. The molecule has 3 aromatic rings. The standard InChI is InChI=1S/C19H20N2O4/c1-19(2,17(22)23)25-15-9-5-3-7-13(15)11-12-20-18-21-14-8-4-6-10-16(14)24-18/h3-10H,11-12H2,1-2H3,(H,20,21)(H,22,23)/p-1. The number of carbonyl (C=O) groups excluding carboxylic acids is 1. The maximum absolute atomic E-state index is 11.2. The quantitative estimate of drug-likeness (QED) is 0.711. The first-order valence-corrected chi connectivity index (χ1v) is 8.03. The molecule has 2 aromatic carbocycles. The zero-order valence-corrected chi connectivity index (χ0v) is 14.1. The number of anilines is 1. The number of para-hydroxylation sites is 3. The Balaban J connectivity index is 1.66. The Labute approximate surface area is 145 Å². The Morgan fingerprint density at radius 3 is 2.68 bits per heavy atom. The third-order valence-electron chi connectivity index (χ3n) is 3.79. The highest BCUT2D eigenvalue weighted by atomic mass is 16.5. The molecule has 25 heavy (non-hydrogen) atoms. The third kappa shape index (κ3) is 3.91. The van der Waals surface area contributed by atoms with Crippen molar-refractivity contribution in [1.29, 1.82) is 0 Å². The first kappa shape index (κ1) is 16.8. The van der Waals surface area contributed by atoms with Gasteiger partial charge in [0, 0.05) is 6.54 Å². The average molecular weight is 339 g/mol. The molecule has 130 valence electrons. The van der Waals surface area contributed by atoms with Crippen LogP contribution in [0.1, 0.15) is 19.4 Å². The molecule has 0 aliphatic heterocycles. The fourth-order valence-corrected chi connectivity index (χ4v) is 2.38. The second kappa shape index (κ2) is 6.84. The number of carboxylic acids is 1.